The van der Waals surface area contributed by atoms with Crippen LogP contribution in [0.1, 0.15) is 58.8 Å². The molecule has 166 valence electrons. The summed E-state index contributed by atoms with van der Waals surface area (Å²) in [5.41, 5.74) is 0.217. The van der Waals surface area contributed by atoms with E-state index in [1.807, 2.05) is 19.1 Å². The van der Waals surface area contributed by atoms with E-state index in [1.165, 1.54) is 0 Å². The quantitative estimate of drug-likeness (QED) is 0.0726. The Balaban J connectivity index is 1.66. The lowest BCUT2D eigenvalue weighted by Gasteiger charge is -2.19. The Bertz CT molecular complexity index is 878. The first-order chi connectivity index (χ1) is 14.4. The van der Waals surface area contributed by atoms with Crippen LogP contribution in [0.2, 0.25) is 0 Å². The molecular weight excluding hydrogens is 515 g/mol. The van der Waals surface area contributed by atoms with Gasteiger partial charge in [-0.3, -0.25) is 4.79 Å². The van der Waals surface area contributed by atoms with Crippen LogP contribution in [0.3, 0.4) is 0 Å². The van der Waals surface area contributed by atoms with Gasteiger partial charge in [0, 0.05) is 22.4 Å². The van der Waals surface area contributed by atoms with Crippen LogP contribution in [-0.2, 0) is 9.53 Å². The van der Waals surface area contributed by atoms with Crippen molar-refractivity contribution in [2.24, 2.45) is 0 Å². The van der Waals surface area contributed by atoms with Gasteiger partial charge < -0.3 is 13.9 Å². The maximum atomic E-state index is 12.0. The van der Waals surface area contributed by atoms with E-state index in [0.29, 0.717) is 17.9 Å². The Kier molecular flexibility index (Phi) is 10.5. The number of carbonyl (C=O) groups excluding carboxylic acids is 1. The third-order valence-corrected chi connectivity index (χ3v) is 6.96. The molecule has 0 N–H and O–H groups in total. The number of thioether (sulfide) groups is 1. The number of esters is 1. The molecule has 0 fully saturated rings. The van der Waals surface area contributed by atoms with Crippen LogP contribution in [0.15, 0.2) is 38.4 Å². The molecule has 0 aliphatic rings. The summed E-state index contributed by atoms with van der Waals surface area (Å²) in [4.78, 5) is 24.8. The molecule has 30 heavy (non-hydrogen) atoms. The van der Waals surface area contributed by atoms with Gasteiger partial charge in [-0.05, 0) is 44.1 Å². The number of methoxy groups -OCH3 is 1. The number of fused-ring (bicyclic) bond motifs is 1. The zero-order valence-corrected chi connectivity index (χ0v) is 21.0. The smallest absolute Gasteiger partial charge is 0.337 e. The Hall–Kier alpha value is -1.22. The fraction of sp³-hybridized carbons (Fsp3) is 0.565. The molecule has 0 saturated heterocycles. The lowest BCUT2D eigenvalue weighted by Crippen LogP contribution is -2.30. The standard InChI is InChI=1S/C23H31IO5S/c1-4-12-23(2,24)22(26)28-13-8-6-5-7-9-14-30-20-16-21(25)29-19-15-17(27-3)10-11-18(19)20/h10-11,15-16H,4-9,12-14H2,1-3H3. The second kappa shape index (κ2) is 12.6. The summed E-state index contributed by atoms with van der Waals surface area (Å²) >= 11 is 3.88. The lowest BCUT2D eigenvalue weighted by molar-refractivity contribution is -0.145. The fourth-order valence-electron chi connectivity index (χ4n) is 3.16. The fourth-order valence-corrected chi connectivity index (χ4v) is 4.93. The van der Waals surface area contributed by atoms with E-state index in [9.17, 15) is 9.59 Å². The van der Waals surface area contributed by atoms with Crippen LogP contribution in [0, 0.1) is 0 Å². The van der Waals surface area contributed by atoms with Gasteiger partial charge in [0.25, 0.3) is 0 Å². The van der Waals surface area contributed by atoms with E-state index >= 15 is 0 Å². The van der Waals surface area contributed by atoms with E-state index in [1.54, 1.807) is 31.0 Å². The maximum Gasteiger partial charge on any atom is 0.337 e. The van der Waals surface area contributed by atoms with E-state index < -0.39 is 3.42 Å². The molecule has 5 nitrogen and oxygen atoms in total. The average Bonchev–Trinajstić information content (AvgIpc) is 2.71. The van der Waals surface area contributed by atoms with Crippen molar-refractivity contribution in [3.05, 3.63) is 34.7 Å². The van der Waals surface area contributed by atoms with E-state index in [0.717, 1.165) is 61.0 Å². The molecule has 0 amide bonds. The second-order valence-electron chi connectivity index (χ2n) is 7.49. The Morgan fingerprint density at radius 3 is 2.63 bits per heavy atom. The monoisotopic (exact) mass is 546 g/mol. The zero-order chi connectivity index (χ0) is 22.0. The van der Waals surface area contributed by atoms with Crippen molar-refractivity contribution >= 4 is 51.3 Å². The Morgan fingerprint density at radius 1 is 1.17 bits per heavy atom. The minimum atomic E-state index is -0.409. The van der Waals surface area contributed by atoms with Crippen molar-refractivity contribution in [1.29, 1.82) is 0 Å². The van der Waals surface area contributed by atoms with Gasteiger partial charge in [0.05, 0.1) is 13.7 Å². The largest absolute Gasteiger partial charge is 0.497 e. The molecule has 0 bridgehead atoms. The zero-order valence-electron chi connectivity index (χ0n) is 18.0. The summed E-state index contributed by atoms with van der Waals surface area (Å²) in [6.45, 7) is 4.52. The van der Waals surface area contributed by atoms with Gasteiger partial charge in [0.15, 0.2) is 0 Å². The van der Waals surface area contributed by atoms with Gasteiger partial charge in [0.2, 0.25) is 0 Å². The van der Waals surface area contributed by atoms with Gasteiger partial charge in [-0.1, -0.05) is 55.2 Å². The molecule has 2 aromatic rings. The molecule has 0 spiro atoms. The number of rotatable bonds is 13. The maximum absolute atomic E-state index is 12.0. The molecule has 1 unspecified atom stereocenters. The highest BCUT2D eigenvalue weighted by molar-refractivity contribution is 14.1. The molecule has 1 aromatic carbocycles. The van der Waals surface area contributed by atoms with Gasteiger partial charge in [-0.25, -0.2) is 4.79 Å². The first-order valence-corrected chi connectivity index (χ1v) is 12.5. The molecule has 0 aliphatic heterocycles. The van der Waals surface area contributed by atoms with Crippen molar-refractivity contribution in [3.8, 4) is 5.75 Å². The van der Waals surface area contributed by atoms with Crippen LogP contribution in [0.4, 0.5) is 0 Å². The number of unbranched alkanes of at least 4 members (excludes halogenated alkanes) is 4. The molecule has 2 rings (SSSR count). The molecule has 7 heteroatoms. The van der Waals surface area contributed by atoms with Gasteiger partial charge in [-0.2, -0.15) is 0 Å². The number of benzene rings is 1. The number of ether oxygens (including phenoxy) is 2. The summed E-state index contributed by atoms with van der Waals surface area (Å²) in [6, 6.07) is 7.12. The SMILES string of the molecule is CCCC(C)(I)C(=O)OCCCCCCCSc1cc(=O)oc2cc(OC)ccc12. The van der Waals surface area contributed by atoms with Crippen molar-refractivity contribution in [3.63, 3.8) is 0 Å². The molecule has 0 saturated carbocycles. The van der Waals surface area contributed by atoms with Gasteiger partial charge in [0.1, 0.15) is 14.8 Å². The Morgan fingerprint density at radius 2 is 1.90 bits per heavy atom. The predicted molar refractivity (Wildman–Crippen MR) is 131 cm³/mol. The first kappa shape index (κ1) is 25.0. The van der Waals surface area contributed by atoms with Crippen molar-refractivity contribution in [2.75, 3.05) is 19.5 Å². The van der Waals surface area contributed by atoms with Crippen molar-refractivity contribution in [2.45, 2.75) is 67.1 Å². The summed E-state index contributed by atoms with van der Waals surface area (Å²) < 4.78 is 15.5. The highest BCUT2D eigenvalue weighted by Gasteiger charge is 2.30. The molecule has 1 heterocycles. The minimum Gasteiger partial charge on any atom is -0.497 e. The average molecular weight is 546 g/mol. The minimum absolute atomic E-state index is 0.0986. The summed E-state index contributed by atoms with van der Waals surface area (Å²) in [5.74, 6) is 1.52. The van der Waals surface area contributed by atoms with Crippen LogP contribution >= 0.6 is 34.4 Å². The number of carbonyl (C=O) groups is 1. The summed E-state index contributed by atoms with van der Waals surface area (Å²) in [6.07, 6.45) is 7.09. The topological polar surface area (TPSA) is 65.7 Å². The third-order valence-electron chi connectivity index (χ3n) is 4.84. The van der Waals surface area contributed by atoms with Crippen molar-refractivity contribution in [1.82, 2.24) is 0 Å². The van der Waals surface area contributed by atoms with Crippen LogP contribution in [0.5, 0.6) is 5.75 Å². The number of alkyl halides is 1. The Labute approximate surface area is 196 Å². The van der Waals surface area contributed by atoms with Gasteiger partial charge in [-0.15, -0.1) is 11.8 Å². The second-order valence-corrected chi connectivity index (χ2v) is 11.0. The molecule has 0 radical (unpaired) electrons. The lowest BCUT2D eigenvalue weighted by atomic mass is 10.1. The highest BCUT2D eigenvalue weighted by atomic mass is 127. The summed E-state index contributed by atoms with van der Waals surface area (Å²) in [5, 5.41) is 0.938. The first-order valence-electron chi connectivity index (χ1n) is 10.5. The molecule has 1 aromatic heterocycles. The van der Waals surface area contributed by atoms with Crippen LogP contribution < -0.4 is 10.4 Å². The molecular formula is C23H31IO5S. The van der Waals surface area contributed by atoms with Crippen molar-refractivity contribution < 1.29 is 18.7 Å². The van der Waals surface area contributed by atoms with Crippen LogP contribution in [0.25, 0.3) is 11.0 Å². The normalized spacial score (nSPS) is 13.2. The molecule has 1 atom stereocenters. The number of hydrogen-bond acceptors (Lipinski definition) is 6. The number of halogens is 1. The third kappa shape index (κ3) is 7.80. The van der Waals surface area contributed by atoms with Gasteiger partial charge >= 0.3 is 11.6 Å². The summed E-state index contributed by atoms with van der Waals surface area (Å²) in [7, 11) is 1.59. The predicted octanol–water partition coefficient (Wildman–Crippen LogP) is 6.38. The van der Waals surface area contributed by atoms with E-state index in [4.69, 9.17) is 13.9 Å². The molecule has 0 aliphatic carbocycles. The van der Waals surface area contributed by atoms with E-state index in [2.05, 4.69) is 29.5 Å². The van der Waals surface area contributed by atoms with Crippen LogP contribution in [-0.4, -0.2) is 28.9 Å². The van der Waals surface area contributed by atoms with E-state index in [-0.39, 0.29) is 11.6 Å². The number of hydrogen-bond donors (Lipinski definition) is 0. The highest BCUT2D eigenvalue weighted by Crippen LogP contribution is 2.30.